The summed E-state index contributed by atoms with van der Waals surface area (Å²) < 4.78 is 17.2. The van der Waals surface area contributed by atoms with Gasteiger partial charge in [-0.05, 0) is 50.7 Å². The molecule has 0 radical (unpaired) electrons. The van der Waals surface area contributed by atoms with Gasteiger partial charge < -0.3 is 13.9 Å². The molecule has 0 saturated heterocycles. The van der Waals surface area contributed by atoms with Gasteiger partial charge in [0.1, 0.15) is 13.2 Å². The SMILES string of the molecule is Cc1cccc(-c2nnc(C(C)N(C)Cc3ccc4c(c3)OCCO4)o2)c1. The standard InChI is InChI=1S/C21H23N3O3/c1-14-5-4-6-17(11-14)21-23-22-20(27-21)15(2)24(3)13-16-7-8-18-19(12-16)26-10-9-25-18/h4-8,11-12,15H,9-10,13H2,1-3H3. The first-order valence-corrected chi connectivity index (χ1v) is 9.09. The van der Waals surface area contributed by atoms with Crippen LogP contribution >= 0.6 is 0 Å². The molecule has 140 valence electrons. The first-order chi connectivity index (χ1) is 13.1. The van der Waals surface area contributed by atoms with Crippen molar-refractivity contribution >= 4 is 0 Å². The van der Waals surface area contributed by atoms with Gasteiger partial charge in [-0.15, -0.1) is 10.2 Å². The molecule has 1 atom stereocenters. The molecule has 6 nitrogen and oxygen atoms in total. The first-order valence-electron chi connectivity index (χ1n) is 9.09. The van der Waals surface area contributed by atoms with E-state index in [0.717, 1.165) is 34.7 Å². The van der Waals surface area contributed by atoms with Crippen LogP contribution in [0, 0.1) is 6.92 Å². The van der Waals surface area contributed by atoms with E-state index in [4.69, 9.17) is 13.9 Å². The quantitative estimate of drug-likeness (QED) is 0.681. The van der Waals surface area contributed by atoms with Gasteiger partial charge in [0, 0.05) is 12.1 Å². The Morgan fingerprint density at radius 1 is 1.04 bits per heavy atom. The maximum atomic E-state index is 5.93. The third-order valence-corrected chi connectivity index (χ3v) is 4.76. The molecule has 6 heteroatoms. The number of hydrogen-bond donors (Lipinski definition) is 0. The average molecular weight is 365 g/mol. The molecular formula is C21H23N3O3. The van der Waals surface area contributed by atoms with Crippen LogP contribution in [0.3, 0.4) is 0 Å². The Hall–Kier alpha value is -2.86. The molecule has 3 aromatic rings. The predicted octanol–water partition coefficient (Wildman–Crippen LogP) is 4.01. The smallest absolute Gasteiger partial charge is 0.247 e. The summed E-state index contributed by atoms with van der Waals surface area (Å²) in [6.45, 7) is 6.03. The summed E-state index contributed by atoms with van der Waals surface area (Å²) in [7, 11) is 2.04. The van der Waals surface area contributed by atoms with Crippen LogP contribution in [0.25, 0.3) is 11.5 Å². The number of ether oxygens (including phenoxy) is 2. The van der Waals surface area contributed by atoms with Crippen molar-refractivity contribution in [1.82, 2.24) is 15.1 Å². The van der Waals surface area contributed by atoms with Crippen LogP contribution in [-0.4, -0.2) is 35.4 Å². The van der Waals surface area contributed by atoms with E-state index in [1.807, 2.05) is 50.4 Å². The van der Waals surface area contributed by atoms with Gasteiger partial charge in [-0.3, -0.25) is 4.90 Å². The number of hydrogen-bond acceptors (Lipinski definition) is 6. The molecular weight excluding hydrogens is 342 g/mol. The molecule has 0 saturated carbocycles. The Bertz CT molecular complexity index is 938. The van der Waals surface area contributed by atoms with E-state index < -0.39 is 0 Å². The highest BCUT2D eigenvalue weighted by molar-refractivity contribution is 5.53. The highest BCUT2D eigenvalue weighted by atomic mass is 16.6. The summed E-state index contributed by atoms with van der Waals surface area (Å²) in [5, 5.41) is 8.47. The van der Waals surface area contributed by atoms with Crippen molar-refractivity contribution in [2.75, 3.05) is 20.3 Å². The first kappa shape index (κ1) is 17.5. The van der Waals surface area contributed by atoms with Crippen LogP contribution in [0.15, 0.2) is 46.9 Å². The second-order valence-corrected chi connectivity index (χ2v) is 6.88. The average Bonchev–Trinajstić information content (AvgIpc) is 3.17. The predicted molar refractivity (Wildman–Crippen MR) is 102 cm³/mol. The molecule has 1 unspecified atom stereocenters. The minimum atomic E-state index is -0.00994. The van der Waals surface area contributed by atoms with Crippen LogP contribution < -0.4 is 9.47 Å². The fourth-order valence-corrected chi connectivity index (χ4v) is 3.10. The zero-order chi connectivity index (χ0) is 18.8. The van der Waals surface area contributed by atoms with Gasteiger partial charge in [0.05, 0.1) is 6.04 Å². The Labute approximate surface area is 158 Å². The summed E-state index contributed by atoms with van der Waals surface area (Å²) in [4.78, 5) is 2.17. The van der Waals surface area contributed by atoms with E-state index in [1.165, 1.54) is 0 Å². The minimum absolute atomic E-state index is 0.00994. The Balaban J connectivity index is 1.47. The Morgan fingerprint density at radius 2 is 1.85 bits per heavy atom. The van der Waals surface area contributed by atoms with Crippen molar-refractivity contribution < 1.29 is 13.9 Å². The van der Waals surface area contributed by atoms with Crippen LogP contribution in [0.2, 0.25) is 0 Å². The van der Waals surface area contributed by atoms with E-state index in [2.05, 4.69) is 28.1 Å². The second-order valence-electron chi connectivity index (χ2n) is 6.88. The van der Waals surface area contributed by atoms with Gasteiger partial charge in [-0.2, -0.15) is 0 Å². The highest BCUT2D eigenvalue weighted by Gasteiger charge is 2.20. The number of fused-ring (bicyclic) bond motifs is 1. The monoisotopic (exact) mass is 365 g/mol. The van der Waals surface area contributed by atoms with E-state index in [9.17, 15) is 0 Å². The maximum absolute atomic E-state index is 5.93. The van der Waals surface area contributed by atoms with Gasteiger partial charge >= 0.3 is 0 Å². The van der Waals surface area contributed by atoms with Crippen molar-refractivity contribution in [3.63, 3.8) is 0 Å². The lowest BCUT2D eigenvalue weighted by molar-refractivity contribution is 0.170. The molecule has 0 amide bonds. The number of aryl methyl sites for hydroxylation is 1. The topological polar surface area (TPSA) is 60.6 Å². The fraction of sp³-hybridized carbons (Fsp3) is 0.333. The van der Waals surface area contributed by atoms with Crippen molar-refractivity contribution in [2.45, 2.75) is 26.4 Å². The van der Waals surface area contributed by atoms with E-state index in [-0.39, 0.29) is 6.04 Å². The zero-order valence-electron chi connectivity index (χ0n) is 15.8. The molecule has 0 bridgehead atoms. The third kappa shape index (κ3) is 3.80. The number of nitrogens with zero attached hydrogens (tertiary/aromatic N) is 3. The van der Waals surface area contributed by atoms with Crippen LogP contribution in [0.5, 0.6) is 11.5 Å². The van der Waals surface area contributed by atoms with E-state index >= 15 is 0 Å². The maximum Gasteiger partial charge on any atom is 0.247 e. The van der Waals surface area contributed by atoms with Crippen molar-refractivity contribution in [3.05, 3.63) is 59.5 Å². The third-order valence-electron chi connectivity index (χ3n) is 4.76. The van der Waals surface area contributed by atoms with Crippen molar-refractivity contribution in [2.24, 2.45) is 0 Å². The summed E-state index contributed by atoms with van der Waals surface area (Å²) in [6.07, 6.45) is 0. The molecule has 27 heavy (non-hydrogen) atoms. The lowest BCUT2D eigenvalue weighted by Crippen LogP contribution is -2.22. The molecule has 4 rings (SSSR count). The lowest BCUT2D eigenvalue weighted by Gasteiger charge is -2.23. The largest absolute Gasteiger partial charge is 0.486 e. The molecule has 0 aliphatic carbocycles. The molecule has 0 fully saturated rings. The molecule has 2 aromatic carbocycles. The molecule has 2 heterocycles. The van der Waals surface area contributed by atoms with Crippen molar-refractivity contribution in [1.29, 1.82) is 0 Å². The zero-order valence-corrected chi connectivity index (χ0v) is 15.8. The molecule has 1 aliphatic heterocycles. The van der Waals surface area contributed by atoms with Crippen molar-refractivity contribution in [3.8, 4) is 23.0 Å². The lowest BCUT2D eigenvalue weighted by atomic mass is 10.1. The van der Waals surface area contributed by atoms with E-state index in [1.54, 1.807) is 0 Å². The van der Waals surface area contributed by atoms with Gasteiger partial charge in [0.15, 0.2) is 11.5 Å². The summed E-state index contributed by atoms with van der Waals surface area (Å²) >= 11 is 0. The second kappa shape index (κ2) is 7.40. The summed E-state index contributed by atoms with van der Waals surface area (Å²) in [5.41, 5.74) is 3.25. The number of rotatable bonds is 5. The van der Waals surface area contributed by atoms with Crippen LogP contribution in [0.1, 0.15) is 30.0 Å². The van der Waals surface area contributed by atoms with Crippen LogP contribution in [-0.2, 0) is 6.54 Å². The molecule has 1 aromatic heterocycles. The molecule has 0 N–H and O–H groups in total. The van der Waals surface area contributed by atoms with E-state index in [0.29, 0.717) is 25.0 Å². The highest BCUT2D eigenvalue weighted by Crippen LogP contribution is 2.32. The molecule has 0 spiro atoms. The van der Waals surface area contributed by atoms with Gasteiger partial charge in [0.25, 0.3) is 0 Å². The normalized spacial score (nSPS) is 14.4. The number of benzene rings is 2. The fourth-order valence-electron chi connectivity index (χ4n) is 3.10. The summed E-state index contributed by atoms with van der Waals surface area (Å²) in [6, 6.07) is 14.1. The number of aromatic nitrogens is 2. The van der Waals surface area contributed by atoms with Crippen LogP contribution in [0.4, 0.5) is 0 Å². The minimum Gasteiger partial charge on any atom is -0.486 e. The summed E-state index contributed by atoms with van der Waals surface area (Å²) in [5.74, 6) is 2.76. The Morgan fingerprint density at radius 3 is 2.67 bits per heavy atom. The van der Waals surface area contributed by atoms with Gasteiger partial charge in [-0.1, -0.05) is 23.8 Å². The van der Waals surface area contributed by atoms with Gasteiger partial charge in [-0.25, -0.2) is 0 Å². The van der Waals surface area contributed by atoms with Gasteiger partial charge in [0.2, 0.25) is 11.8 Å². The Kier molecular flexibility index (Phi) is 4.81. The molecule has 1 aliphatic rings.